The lowest BCUT2D eigenvalue weighted by Gasteiger charge is -2.07. The molecular formula is C14H10N4O2S. The summed E-state index contributed by atoms with van der Waals surface area (Å²) in [7, 11) is -3.73. The Kier molecular flexibility index (Phi) is 2.96. The molecular weight excluding hydrogens is 288 g/mol. The summed E-state index contributed by atoms with van der Waals surface area (Å²) < 4.78 is 26.3. The van der Waals surface area contributed by atoms with Crippen LogP contribution in [0.1, 0.15) is 11.3 Å². The van der Waals surface area contributed by atoms with Gasteiger partial charge in [-0.1, -0.05) is 17.7 Å². The summed E-state index contributed by atoms with van der Waals surface area (Å²) in [5, 5.41) is 8.79. The molecule has 0 unspecified atom stereocenters. The second-order valence-electron chi connectivity index (χ2n) is 4.51. The van der Waals surface area contributed by atoms with Crippen LogP contribution in [0.4, 0.5) is 0 Å². The van der Waals surface area contributed by atoms with E-state index in [4.69, 9.17) is 5.26 Å². The molecule has 104 valence electrons. The van der Waals surface area contributed by atoms with E-state index in [9.17, 15) is 8.42 Å². The molecule has 3 aromatic rings. The van der Waals surface area contributed by atoms with Crippen LogP contribution in [0.3, 0.4) is 0 Å². The lowest BCUT2D eigenvalue weighted by molar-refractivity contribution is 0.588. The second kappa shape index (κ2) is 4.68. The van der Waals surface area contributed by atoms with Crippen LogP contribution >= 0.6 is 0 Å². The van der Waals surface area contributed by atoms with Crippen LogP contribution in [0.2, 0.25) is 0 Å². The number of aromatic nitrogens is 3. The summed E-state index contributed by atoms with van der Waals surface area (Å²) in [6.45, 7) is 1.89. The van der Waals surface area contributed by atoms with Crippen molar-refractivity contribution in [2.75, 3.05) is 0 Å². The lowest BCUT2D eigenvalue weighted by Crippen LogP contribution is -2.12. The molecule has 0 radical (unpaired) electrons. The first kappa shape index (κ1) is 13.3. The molecule has 0 aliphatic heterocycles. The quantitative estimate of drug-likeness (QED) is 0.720. The zero-order chi connectivity index (χ0) is 15.0. The maximum Gasteiger partial charge on any atom is 0.269 e. The first-order valence-electron chi connectivity index (χ1n) is 6.09. The van der Waals surface area contributed by atoms with Gasteiger partial charge in [0.15, 0.2) is 11.3 Å². The van der Waals surface area contributed by atoms with Gasteiger partial charge in [0.25, 0.3) is 10.0 Å². The summed E-state index contributed by atoms with van der Waals surface area (Å²) in [6, 6.07) is 9.96. The highest BCUT2D eigenvalue weighted by molar-refractivity contribution is 7.90. The maximum atomic E-state index is 12.6. The predicted molar refractivity (Wildman–Crippen MR) is 76.0 cm³/mol. The average molecular weight is 298 g/mol. The fraction of sp³-hybridized carbons (Fsp3) is 0.0714. The predicted octanol–water partition coefficient (Wildman–Crippen LogP) is 1.85. The number of aryl methyl sites for hydroxylation is 1. The number of hydrogen-bond acceptors (Lipinski definition) is 5. The van der Waals surface area contributed by atoms with E-state index in [0.717, 1.165) is 9.54 Å². The topological polar surface area (TPSA) is 88.6 Å². The van der Waals surface area contributed by atoms with Crippen LogP contribution in [0, 0.1) is 18.3 Å². The van der Waals surface area contributed by atoms with Crippen molar-refractivity contribution in [2.45, 2.75) is 11.8 Å². The van der Waals surface area contributed by atoms with Gasteiger partial charge >= 0.3 is 0 Å². The molecule has 0 bridgehead atoms. The normalized spacial score (nSPS) is 11.4. The summed E-state index contributed by atoms with van der Waals surface area (Å²) in [5.74, 6) is 0. The van der Waals surface area contributed by atoms with Gasteiger partial charge in [-0.3, -0.25) is 0 Å². The smallest absolute Gasteiger partial charge is 0.233 e. The molecule has 0 atom stereocenters. The van der Waals surface area contributed by atoms with E-state index in [1.165, 1.54) is 18.5 Å². The molecule has 0 spiro atoms. The number of nitrogens with zero attached hydrogens (tertiary/aromatic N) is 4. The number of rotatable bonds is 2. The Balaban J connectivity index is 2.20. The van der Waals surface area contributed by atoms with Crippen LogP contribution in [0.5, 0.6) is 0 Å². The molecule has 0 aliphatic carbocycles. The summed E-state index contributed by atoms with van der Waals surface area (Å²) in [6.07, 6.45) is 2.64. The Morgan fingerprint density at radius 3 is 2.57 bits per heavy atom. The monoisotopic (exact) mass is 298 g/mol. The number of hydrogen-bond donors (Lipinski definition) is 0. The first-order chi connectivity index (χ1) is 10.0. The Morgan fingerprint density at radius 1 is 1.19 bits per heavy atom. The van der Waals surface area contributed by atoms with Crippen molar-refractivity contribution in [2.24, 2.45) is 0 Å². The molecule has 7 heteroatoms. The minimum absolute atomic E-state index is 0.146. The number of nitriles is 1. The molecule has 3 rings (SSSR count). The van der Waals surface area contributed by atoms with E-state index in [-0.39, 0.29) is 16.2 Å². The second-order valence-corrected chi connectivity index (χ2v) is 6.32. The Hall–Kier alpha value is -2.72. The van der Waals surface area contributed by atoms with Gasteiger partial charge in [-0.2, -0.15) is 5.26 Å². The zero-order valence-corrected chi connectivity index (χ0v) is 11.9. The minimum atomic E-state index is -3.73. The van der Waals surface area contributed by atoms with E-state index < -0.39 is 10.0 Å². The molecule has 0 N–H and O–H groups in total. The molecule has 0 saturated carbocycles. The highest BCUT2D eigenvalue weighted by atomic mass is 32.2. The highest BCUT2D eigenvalue weighted by Crippen LogP contribution is 2.20. The van der Waals surface area contributed by atoms with Gasteiger partial charge in [0, 0.05) is 6.20 Å². The summed E-state index contributed by atoms with van der Waals surface area (Å²) in [4.78, 5) is 8.22. The van der Waals surface area contributed by atoms with Crippen molar-refractivity contribution in [3.63, 3.8) is 0 Å². The Morgan fingerprint density at radius 2 is 1.90 bits per heavy atom. The Labute approximate surface area is 121 Å². The third-order valence-electron chi connectivity index (χ3n) is 3.05. The SMILES string of the molecule is Cc1ccc(S(=O)(=O)n2ccc3nc(C#N)cnc32)cc1. The van der Waals surface area contributed by atoms with Crippen LogP contribution in [-0.2, 0) is 10.0 Å². The first-order valence-corrected chi connectivity index (χ1v) is 7.53. The maximum absolute atomic E-state index is 12.6. The standard InChI is InChI=1S/C14H10N4O2S/c1-10-2-4-12(5-3-10)21(19,20)18-7-6-13-14(18)16-9-11(8-15)17-13/h2-7,9H,1H3. The lowest BCUT2D eigenvalue weighted by atomic mass is 10.2. The molecule has 21 heavy (non-hydrogen) atoms. The van der Waals surface area contributed by atoms with Gasteiger partial charge < -0.3 is 0 Å². The van der Waals surface area contributed by atoms with Crippen LogP contribution in [0.25, 0.3) is 11.2 Å². The fourth-order valence-electron chi connectivity index (χ4n) is 1.96. The minimum Gasteiger partial charge on any atom is -0.233 e. The van der Waals surface area contributed by atoms with E-state index in [1.807, 2.05) is 13.0 Å². The van der Waals surface area contributed by atoms with E-state index in [0.29, 0.717) is 5.52 Å². The molecule has 0 saturated heterocycles. The van der Waals surface area contributed by atoms with Crippen molar-refractivity contribution >= 4 is 21.2 Å². The van der Waals surface area contributed by atoms with Gasteiger partial charge in [0.2, 0.25) is 0 Å². The Bertz CT molecular complexity index is 966. The van der Waals surface area contributed by atoms with Crippen molar-refractivity contribution < 1.29 is 8.42 Å². The largest absolute Gasteiger partial charge is 0.269 e. The van der Waals surface area contributed by atoms with Gasteiger partial charge in [-0.25, -0.2) is 22.4 Å². The van der Waals surface area contributed by atoms with Crippen LogP contribution in [-0.4, -0.2) is 22.4 Å². The third-order valence-corrected chi connectivity index (χ3v) is 4.73. The molecule has 1 aromatic carbocycles. The molecule has 0 fully saturated rings. The highest BCUT2D eigenvalue weighted by Gasteiger charge is 2.20. The van der Waals surface area contributed by atoms with Gasteiger partial charge in [0.05, 0.1) is 11.1 Å². The van der Waals surface area contributed by atoms with Crippen molar-refractivity contribution in [3.05, 3.63) is 54.0 Å². The van der Waals surface area contributed by atoms with Gasteiger partial charge in [-0.05, 0) is 25.1 Å². The van der Waals surface area contributed by atoms with Gasteiger partial charge in [0.1, 0.15) is 11.6 Å². The van der Waals surface area contributed by atoms with Crippen LogP contribution < -0.4 is 0 Å². The molecule has 0 aliphatic rings. The van der Waals surface area contributed by atoms with E-state index >= 15 is 0 Å². The van der Waals surface area contributed by atoms with Gasteiger partial charge in [-0.15, -0.1) is 0 Å². The fourth-order valence-corrected chi connectivity index (χ4v) is 3.26. The zero-order valence-electron chi connectivity index (χ0n) is 11.1. The van der Waals surface area contributed by atoms with Crippen molar-refractivity contribution in [1.82, 2.24) is 13.9 Å². The average Bonchev–Trinajstić information content (AvgIpc) is 2.91. The van der Waals surface area contributed by atoms with Crippen molar-refractivity contribution in [3.8, 4) is 6.07 Å². The van der Waals surface area contributed by atoms with E-state index in [2.05, 4.69) is 9.97 Å². The molecule has 2 heterocycles. The molecule has 6 nitrogen and oxygen atoms in total. The number of benzene rings is 1. The summed E-state index contributed by atoms with van der Waals surface area (Å²) >= 11 is 0. The molecule has 2 aromatic heterocycles. The molecule has 0 amide bonds. The number of fused-ring (bicyclic) bond motifs is 1. The van der Waals surface area contributed by atoms with Crippen molar-refractivity contribution in [1.29, 1.82) is 5.26 Å². The summed E-state index contributed by atoms with van der Waals surface area (Å²) in [5.41, 5.74) is 1.69. The third kappa shape index (κ3) is 2.15. The van der Waals surface area contributed by atoms with Crippen LogP contribution in [0.15, 0.2) is 47.6 Å². The van der Waals surface area contributed by atoms with E-state index in [1.54, 1.807) is 24.3 Å².